The minimum Gasteiger partial charge on any atom is -0.396 e. The average molecular weight is 250 g/mol. The maximum absolute atomic E-state index is 11.2. The van der Waals surface area contributed by atoms with E-state index in [0.29, 0.717) is 17.3 Å². The fraction of sp³-hybridized carbons (Fsp3) is 0.462. The Morgan fingerprint density at radius 2 is 2.11 bits per heavy atom. The van der Waals surface area contributed by atoms with Gasteiger partial charge in [-0.25, -0.2) is 0 Å². The van der Waals surface area contributed by atoms with Crippen LogP contribution in [-0.4, -0.2) is 37.0 Å². The molecule has 0 aliphatic rings. The van der Waals surface area contributed by atoms with Gasteiger partial charge in [-0.2, -0.15) is 0 Å². The van der Waals surface area contributed by atoms with Crippen LogP contribution in [0.4, 0.5) is 11.4 Å². The Morgan fingerprint density at radius 3 is 2.67 bits per heavy atom. The highest BCUT2D eigenvalue weighted by Crippen LogP contribution is 2.21. The van der Waals surface area contributed by atoms with E-state index in [0.717, 1.165) is 18.8 Å². The first-order valence-electron chi connectivity index (χ1n) is 6.06. The average Bonchev–Trinajstić information content (AvgIpc) is 2.30. The molecule has 0 spiro atoms. The molecule has 5 nitrogen and oxygen atoms in total. The second-order valence-corrected chi connectivity index (χ2v) is 4.63. The Labute approximate surface area is 108 Å². The van der Waals surface area contributed by atoms with E-state index in [4.69, 9.17) is 11.5 Å². The van der Waals surface area contributed by atoms with E-state index >= 15 is 0 Å². The molecule has 1 rings (SSSR count). The van der Waals surface area contributed by atoms with Crippen LogP contribution in [0.1, 0.15) is 24.2 Å². The van der Waals surface area contributed by atoms with Gasteiger partial charge in [-0.3, -0.25) is 4.79 Å². The number of amides is 1. The van der Waals surface area contributed by atoms with Crippen molar-refractivity contribution in [3.05, 3.63) is 23.8 Å². The largest absolute Gasteiger partial charge is 0.396 e. The molecule has 0 aliphatic carbocycles. The number of anilines is 2. The summed E-state index contributed by atoms with van der Waals surface area (Å²) in [5.74, 6) is -0.504. The summed E-state index contributed by atoms with van der Waals surface area (Å²) in [6.07, 6.45) is 0. The van der Waals surface area contributed by atoms with Crippen molar-refractivity contribution < 1.29 is 4.79 Å². The number of nitrogens with two attached hydrogens (primary N) is 2. The molecule has 0 heterocycles. The summed E-state index contributed by atoms with van der Waals surface area (Å²) in [6, 6.07) is 5.74. The number of hydrogen-bond donors (Lipinski definition) is 3. The number of carbonyl (C=O) groups is 1. The van der Waals surface area contributed by atoms with Crippen LogP contribution >= 0.6 is 0 Å². The third-order valence-electron chi connectivity index (χ3n) is 3.03. The molecule has 18 heavy (non-hydrogen) atoms. The predicted molar refractivity (Wildman–Crippen MR) is 75.6 cm³/mol. The lowest BCUT2D eigenvalue weighted by Crippen LogP contribution is -2.31. The summed E-state index contributed by atoms with van der Waals surface area (Å²) < 4.78 is 0. The highest BCUT2D eigenvalue weighted by atomic mass is 16.1. The molecule has 0 bridgehead atoms. The summed E-state index contributed by atoms with van der Waals surface area (Å²) in [5.41, 5.74) is 12.7. The van der Waals surface area contributed by atoms with E-state index in [1.54, 1.807) is 12.1 Å². The lowest BCUT2D eigenvalue weighted by Gasteiger charge is -2.21. The first-order valence-corrected chi connectivity index (χ1v) is 6.06. The molecule has 0 aromatic heterocycles. The highest BCUT2D eigenvalue weighted by Gasteiger charge is 2.09. The first-order chi connectivity index (χ1) is 8.43. The van der Waals surface area contributed by atoms with E-state index in [1.165, 1.54) is 0 Å². The summed E-state index contributed by atoms with van der Waals surface area (Å²) in [6.45, 7) is 5.95. The van der Waals surface area contributed by atoms with Crippen molar-refractivity contribution in [2.75, 3.05) is 31.2 Å². The number of primary amides is 1. The number of carbonyl (C=O) groups excluding carboxylic acids is 1. The van der Waals surface area contributed by atoms with Crippen molar-refractivity contribution in [1.82, 2.24) is 4.90 Å². The normalized spacial score (nSPS) is 10.9. The van der Waals surface area contributed by atoms with Crippen LogP contribution in [0, 0.1) is 0 Å². The Bertz CT molecular complexity index is 417. The molecule has 1 aromatic carbocycles. The quantitative estimate of drug-likeness (QED) is 0.661. The zero-order chi connectivity index (χ0) is 13.7. The first kappa shape index (κ1) is 14.3. The Kier molecular flexibility index (Phi) is 4.97. The molecule has 0 saturated carbocycles. The minimum atomic E-state index is -0.504. The molecule has 0 radical (unpaired) electrons. The van der Waals surface area contributed by atoms with E-state index in [2.05, 4.69) is 31.1 Å². The Morgan fingerprint density at radius 1 is 1.44 bits per heavy atom. The van der Waals surface area contributed by atoms with Gasteiger partial charge in [0.1, 0.15) is 0 Å². The summed E-state index contributed by atoms with van der Waals surface area (Å²) in [7, 11) is 2.07. The minimum absolute atomic E-state index is 0.359. The molecule has 0 unspecified atom stereocenters. The molecule has 0 atom stereocenters. The van der Waals surface area contributed by atoms with Gasteiger partial charge in [-0.1, -0.05) is 6.07 Å². The van der Waals surface area contributed by atoms with Crippen LogP contribution < -0.4 is 16.8 Å². The summed E-state index contributed by atoms with van der Waals surface area (Å²) in [4.78, 5) is 13.4. The van der Waals surface area contributed by atoms with Crippen molar-refractivity contribution in [2.24, 2.45) is 5.73 Å². The predicted octanol–water partition coefficient (Wildman–Crippen LogP) is 1.12. The molecular weight excluding hydrogens is 228 g/mol. The molecule has 0 saturated heterocycles. The fourth-order valence-electron chi connectivity index (χ4n) is 1.56. The number of nitrogens with one attached hydrogen (secondary N) is 1. The second kappa shape index (κ2) is 6.26. The monoisotopic (exact) mass is 250 g/mol. The van der Waals surface area contributed by atoms with Gasteiger partial charge in [0.2, 0.25) is 0 Å². The van der Waals surface area contributed by atoms with Crippen LogP contribution in [0.25, 0.3) is 0 Å². The Balaban J connectivity index is 2.63. The number of benzene rings is 1. The lowest BCUT2D eigenvalue weighted by molar-refractivity contribution is 0.100. The molecule has 5 N–H and O–H groups in total. The van der Waals surface area contributed by atoms with Gasteiger partial charge >= 0.3 is 0 Å². The third-order valence-corrected chi connectivity index (χ3v) is 3.03. The van der Waals surface area contributed by atoms with Crippen LogP contribution in [0.2, 0.25) is 0 Å². The zero-order valence-corrected chi connectivity index (χ0v) is 11.2. The van der Waals surface area contributed by atoms with Crippen molar-refractivity contribution in [3.63, 3.8) is 0 Å². The maximum atomic E-state index is 11.2. The fourth-order valence-corrected chi connectivity index (χ4v) is 1.56. The SMILES string of the molecule is CC(C)N(C)CCNc1cccc(C(N)=O)c1N. The summed E-state index contributed by atoms with van der Waals surface area (Å²) >= 11 is 0. The van der Waals surface area contributed by atoms with Crippen molar-refractivity contribution in [3.8, 4) is 0 Å². The van der Waals surface area contributed by atoms with Crippen LogP contribution in [0.3, 0.4) is 0 Å². The maximum Gasteiger partial charge on any atom is 0.250 e. The lowest BCUT2D eigenvalue weighted by atomic mass is 10.1. The second-order valence-electron chi connectivity index (χ2n) is 4.63. The standard InChI is InChI=1S/C13H22N4O/c1-9(2)17(3)8-7-16-11-6-4-5-10(12(11)14)13(15)18/h4-6,9,16H,7-8,14H2,1-3H3,(H2,15,18). The molecule has 1 amide bonds. The molecule has 1 aromatic rings. The number of nitrogens with zero attached hydrogens (tertiary/aromatic N) is 1. The molecule has 0 aliphatic heterocycles. The topological polar surface area (TPSA) is 84.4 Å². The zero-order valence-electron chi connectivity index (χ0n) is 11.2. The Hall–Kier alpha value is -1.75. The van der Waals surface area contributed by atoms with Crippen molar-refractivity contribution >= 4 is 17.3 Å². The van der Waals surface area contributed by atoms with E-state index in [-0.39, 0.29) is 0 Å². The van der Waals surface area contributed by atoms with Gasteiger partial charge in [0.15, 0.2) is 0 Å². The van der Waals surface area contributed by atoms with E-state index in [1.807, 2.05) is 6.07 Å². The van der Waals surface area contributed by atoms with Gasteiger partial charge in [0.25, 0.3) is 5.91 Å². The van der Waals surface area contributed by atoms with Gasteiger partial charge in [-0.15, -0.1) is 0 Å². The van der Waals surface area contributed by atoms with Crippen LogP contribution in [0.15, 0.2) is 18.2 Å². The van der Waals surface area contributed by atoms with Crippen molar-refractivity contribution in [1.29, 1.82) is 0 Å². The van der Waals surface area contributed by atoms with E-state index in [9.17, 15) is 4.79 Å². The van der Waals surface area contributed by atoms with Gasteiger partial charge in [-0.05, 0) is 33.0 Å². The number of para-hydroxylation sites is 1. The molecule has 100 valence electrons. The van der Waals surface area contributed by atoms with Gasteiger partial charge in [0.05, 0.1) is 16.9 Å². The molecular formula is C13H22N4O. The van der Waals surface area contributed by atoms with E-state index < -0.39 is 5.91 Å². The third kappa shape index (κ3) is 3.63. The van der Waals surface area contributed by atoms with Crippen LogP contribution in [-0.2, 0) is 0 Å². The number of likely N-dealkylation sites (N-methyl/N-ethyl adjacent to an activating group) is 1. The summed E-state index contributed by atoms with van der Waals surface area (Å²) in [5, 5.41) is 3.22. The molecule has 5 heteroatoms. The van der Waals surface area contributed by atoms with Gasteiger partial charge in [0, 0.05) is 19.1 Å². The number of hydrogen-bond acceptors (Lipinski definition) is 4. The van der Waals surface area contributed by atoms with Crippen molar-refractivity contribution in [2.45, 2.75) is 19.9 Å². The van der Waals surface area contributed by atoms with Gasteiger partial charge < -0.3 is 21.7 Å². The van der Waals surface area contributed by atoms with Crippen LogP contribution in [0.5, 0.6) is 0 Å². The molecule has 0 fully saturated rings. The number of rotatable bonds is 6. The smallest absolute Gasteiger partial charge is 0.250 e. The number of nitrogen functional groups attached to an aromatic ring is 1. The highest BCUT2D eigenvalue weighted by molar-refractivity contribution is 6.00.